The Labute approximate surface area is 174 Å². The van der Waals surface area contributed by atoms with E-state index < -0.39 is 29.6 Å². The highest BCUT2D eigenvalue weighted by Crippen LogP contribution is 2.31. The molecule has 0 aliphatic carbocycles. The third-order valence-corrected chi connectivity index (χ3v) is 5.23. The summed E-state index contributed by atoms with van der Waals surface area (Å²) in [5.41, 5.74) is 0.147. The first-order valence-corrected chi connectivity index (χ1v) is 9.39. The average Bonchev–Trinajstić information content (AvgIpc) is 3.03. The van der Waals surface area contributed by atoms with Gasteiger partial charge >= 0.3 is 6.18 Å². The summed E-state index contributed by atoms with van der Waals surface area (Å²) in [6.07, 6.45) is -4.21. The van der Waals surface area contributed by atoms with E-state index in [1.165, 1.54) is 23.1 Å². The van der Waals surface area contributed by atoms with Crippen molar-refractivity contribution in [3.8, 4) is 0 Å². The third kappa shape index (κ3) is 4.00. The van der Waals surface area contributed by atoms with Crippen LogP contribution in [0, 0.1) is 0 Å². The Morgan fingerprint density at radius 1 is 1.10 bits per heavy atom. The molecule has 4 amide bonds. The summed E-state index contributed by atoms with van der Waals surface area (Å²) >= 11 is 0. The van der Waals surface area contributed by atoms with Gasteiger partial charge in [-0.3, -0.25) is 24.5 Å². The van der Waals surface area contributed by atoms with E-state index in [2.05, 4.69) is 10.6 Å². The predicted octanol–water partition coefficient (Wildman–Crippen LogP) is 2.72. The molecule has 0 aromatic heterocycles. The standard InChI is InChI=1S/C21H16F3N3O4/c22-21(23,24)13-3-1-2-11(8-13)18(29)25-14-4-5-15-12(9-14)10-27(20(15)31)16-6-7-17(28)26-19(16)30/h1-5,8-9,16H,6-7,10H2,(H,25,29)(H,26,28,30). The van der Waals surface area contributed by atoms with Crippen LogP contribution >= 0.6 is 0 Å². The van der Waals surface area contributed by atoms with E-state index in [4.69, 9.17) is 0 Å². The molecule has 1 atom stereocenters. The number of nitrogens with one attached hydrogen (secondary N) is 2. The zero-order chi connectivity index (χ0) is 22.3. The maximum Gasteiger partial charge on any atom is 0.416 e. The second kappa shape index (κ2) is 7.53. The predicted molar refractivity (Wildman–Crippen MR) is 102 cm³/mol. The molecule has 2 heterocycles. The number of carbonyl (C=O) groups excluding carboxylic acids is 4. The average molecular weight is 431 g/mol. The van der Waals surface area contributed by atoms with E-state index in [0.717, 1.165) is 18.2 Å². The molecule has 0 radical (unpaired) electrons. The topological polar surface area (TPSA) is 95.6 Å². The van der Waals surface area contributed by atoms with Crippen molar-refractivity contribution in [2.45, 2.75) is 31.6 Å². The number of halogens is 3. The number of alkyl halides is 3. The van der Waals surface area contributed by atoms with Gasteiger partial charge in [0.1, 0.15) is 6.04 Å². The largest absolute Gasteiger partial charge is 0.416 e. The SMILES string of the molecule is O=C1CCC(N2Cc3cc(NC(=O)c4cccc(C(F)(F)F)c4)ccc3C2=O)C(=O)N1. The van der Waals surface area contributed by atoms with Gasteiger partial charge in [-0.05, 0) is 48.4 Å². The number of nitrogens with zero attached hydrogens (tertiary/aromatic N) is 1. The van der Waals surface area contributed by atoms with Gasteiger partial charge in [0.25, 0.3) is 11.8 Å². The van der Waals surface area contributed by atoms with E-state index in [-0.39, 0.29) is 36.8 Å². The first kappa shape index (κ1) is 20.6. The van der Waals surface area contributed by atoms with Crippen molar-refractivity contribution >= 4 is 29.3 Å². The van der Waals surface area contributed by atoms with E-state index in [1.807, 2.05) is 0 Å². The minimum atomic E-state index is -4.57. The van der Waals surface area contributed by atoms with Gasteiger partial charge in [0.15, 0.2) is 0 Å². The van der Waals surface area contributed by atoms with Crippen LogP contribution in [-0.4, -0.2) is 34.6 Å². The molecule has 1 saturated heterocycles. The lowest BCUT2D eigenvalue weighted by atomic mass is 10.0. The van der Waals surface area contributed by atoms with Crippen molar-refractivity contribution < 1.29 is 32.3 Å². The van der Waals surface area contributed by atoms with Crippen molar-refractivity contribution in [2.24, 2.45) is 0 Å². The maximum absolute atomic E-state index is 12.9. The van der Waals surface area contributed by atoms with Crippen LogP contribution in [-0.2, 0) is 22.3 Å². The summed E-state index contributed by atoms with van der Waals surface area (Å²) in [4.78, 5) is 49.9. The Morgan fingerprint density at radius 2 is 1.87 bits per heavy atom. The molecule has 1 unspecified atom stereocenters. The third-order valence-electron chi connectivity index (χ3n) is 5.23. The molecule has 2 aliphatic rings. The second-order valence-corrected chi connectivity index (χ2v) is 7.30. The van der Waals surface area contributed by atoms with Crippen LogP contribution in [0.3, 0.4) is 0 Å². The zero-order valence-electron chi connectivity index (χ0n) is 16.0. The Bertz CT molecular complexity index is 1110. The van der Waals surface area contributed by atoms with E-state index in [9.17, 15) is 32.3 Å². The molecule has 0 spiro atoms. The number of piperidine rings is 1. The molecule has 0 saturated carbocycles. The summed E-state index contributed by atoms with van der Waals surface area (Å²) < 4.78 is 38.6. The molecule has 0 bridgehead atoms. The summed E-state index contributed by atoms with van der Waals surface area (Å²) in [7, 11) is 0. The van der Waals surface area contributed by atoms with Gasteiger partial charge in [0, 0.05) is 29.8 Å². The quantitative estimate of drug-likeness (QED) is 0.731. The summed E-state index contributed by atoms with van der Waals surface area (Å²) in [5.74, 6) is -2.00. The molecule has 10 heteroatoms. The molecule has 160 valence electrons. The lowest BCUT2D eigenvalue weighted by molar-refractivity contribution is -0.138. The highest BCUT2D eigenvalue weighted by atomic mass is 19.4. The number of rotatable bonds is 3. The Kier molecular flexibility index (Phi) is 5.00. The normalized spacial score (nSPS) is 18.6. The van der Waals surface area contributed by atoms with Crippen molar-refractivity contribution in [1.29, 1.82) is 0 Å². The molecular weight excluding hydrogens is 415 g/mol. The molecule has 7 nitrogen and oxygen atoms in total. The molecule has 31 heavy (non-hydrogen) atoms. The molecule has 1 fully saturated rings. The van der Waals surface area contributed by atoms with Crippen LogP contribution < -0.4 is 10.6 Å². The fourth-order valence-electron chi connectivity index (χ4n) is 3.69. The van der Waals surface area contributed by atoms with Crippen molar-refractivity contribution in [3.63, 3.8) is 0 Å². The van der Waals surface area contributed by atoms with Gasteiger partial charge in [-0.25, -0.2) is 0 Å². The Hall–Kier alpha value is -3.69. The van der Waals surface area contributed by atoms with Crippen LogP contribution in [0.1, 0.15) is 44.7 Å². The Morgan fingerprint density at radius 3 is 2.58 bits per heavy atom. The molecule has 2 aromatic carbocycles. The van der Waals surface area contributed by atoms with Crippen molar-refractivity contribution in [1.82, 2.24) is 10.2 Å². The number of fused-ring (bicyclic) bond motifs is 1. The van der Waals surface area contributed by atoms with Crippen LogP contribution in [0.2, 0.25) is 0 Å². The van der Waals surface area contributed by atoms with Gasteiger partial charge < -0.3 is 10.2 Å². The monoisotopic (exact) mass is 431 g/mol. The number of hydrogen-bond acceptors (Lipinski definition) is 4. The van der Waals surface area contributed by atoms with E-state index >= 15 is 0 Å². The summed E-state index contributed by atoms with van der Waals surface area (Å²) in [6.45, 7) is 0.119. The van der Waals surface area contributed by atoms with Gasteiger partial charge in [-0.1, -0.05) is 6.07 Å². The zero-order valence-corrected chi connectivity index (χ0v) is 16.0. The van der Waals surface area contributed by atoms with Gasteiger partial charge in [-0.15, -0.1) is 0 Å². The fraction of sp³-hybridized carbons (Fsp3) is 0.238. The van der Waals surface area contributed by atoms with Gasteiger partial charge in [-0.2, -0.15) is 13.2 Å². The lowest BCUT2D eigenvalue weighted by Gasteiger charge is -2.29. The van der Waals surface area contributed by atoms with Crippen LogP contribution in [0.25, 0.3) is 0 Å². The number of amides is 4. The van der Waals surface area contributed by atoms with Gasteiger partial charge in [0.05, 0.1) is 5.56 Å². The first-order valence-electron chi connectivity index (χ1n) is 9.39. The second-order valence-electron chi connectivity index (χ2n) is 7.30. The summed E-state index contributed by atoms with van der Waals surface area (Å²) in [6, 6.07) is 7.80. The molecule has 2 N–H and O–H groups in total. The van der Waals surface area contributed by atoms with Crippen LogP contribution in [0.5, 0.6) is 0 Å². The molecular formula is C21H16F3N3O4. The minimum absolute atomic E-state index is 0.119. The Balaban J connectivity index is 1.51. The first-order chi connectivity index (χ1) is 14.6. The van der Waals surface area contributed by atoms with Crippen LogP contribution in [0.15, 0.2) is 42.5 Å². The molecule has 4 rings (SSSR count). The molecule has 2 aliphatic heterocycles. The highest BCUT2D eigenvalue weighted by Gasteiger charge is 2.39. The van der Waals surface area contributed by atoms with Crippen molar-refractivity contribution in [3.05, 3.63) is 64.7 Å². The highest BCUT2D eigenvalue weighted by molar-refractivity contribution is 6.07. The smallest absolute Gasteiger partial charge is 0.322 e. The minimum Gasteiger partial charge on any atom is -0.322 e. The fourth-order valence-corrected chi connectivity index (χ4v) is 3.69. The lowest BCUT2D eigenvalue weighted by Crippen LogP contribution is -2.52. The van der Waals surface area contributed by atoms with Crippen LogP contribution in [0.4, 0.5) is 18.9 Å². The summed E-state index contributed by atoms with van der Waals surface area (Å²) in [5, 5.41) is 4.75. The number of hydrogen-bond donors (Lipinski definition) is 2. The number of benzene rings is 2. The van der Waals surface area contributed by atoms with Crippen molar-refractivity contribution in [2.75, 3.05) is 5.32 Å². The maximum atomic E-state index is 12.9. The number of carbonyl (C=O) groups is 4. The number of anilines is 1. The molecule has 2 aromatic rings. The van der Waals surface area contributed by atoms with E-state index in [0.29, 0.717) is 16.8 Å². The number of imide groups is 1. The van der Waals surface area contributed by atoms with Gasteiger partial charge in [0.2, 0.25) is 11.8 Å². The van der Waals surface area contributed by atoms with E-state index in [1.54, 1.807) is 6.07 Å².